The molecule has 30 heavy (non-hydrogen) atoms. The molecule has 0 spiro atoms. The van der Waals surface area contributed by atoms with Crippen LogP contribution in [-0.4, -0.2) is 20.2 Å². The van der Waals surface area contributed by atoms with Crippen molar-refractivity contribution < 1.29 is 17.6 Å². The van der Waals surface area contributed by atoms with E-state index in [1.807, 2.05) is 0 Å². The van der Waals surface area contributed by atoms with Crippen molar-refractivity contribution >= 4 is 39.1 Å². The lowest BCUT2D eigenvalue weighted by Gasteiger charge is -2.23. The van der Waals surface area contributed by atoms with E-state index < -0.39 is 21.6 Å². The van der Waals surface area contributed by atoms with Crippen LogP contribution in [-0.2, 0) is 16.6 Å². The minimum Gasteiger partial charge on any atom is -0.324 e. The minimum absolute atomic E-state index is 0.0898. The van der Waals surface area contributed by atoms with Gasteiger partial charge in [0.25, 0.3) is 10.0 Å². The number of guanidine groups is 1. The van der Waals surface area contributed by atoms with Gasteiger partial charge in [-0.3, -0.25) is 4.79 Å². The van der Waals surface area contributed by atoms with E-state index in [0.717, 1.165) is 0 Å². The van der Waals surface area contributed by atoms with Crippen LogP contribution in [0.15, 0.2) is 76.6 Å². The van der Waals surface area contributed by atoms with Gasteiger partial charge in [0.2, 0.25) is 5.96 Å². The molecule has 0 aromatic heterocycles. The Morgan fingerprint density at radius 1 is 0.967 bits per heavy atom. The number of carbonyl (C=O) groups excluding carboxylic acids is 1. The van der Waals surface area contributed by atoms with Gasteiger partial charge in [-0.25, -0.2) is 22.5 Å². The molecule has 0 radical (unpaired) electrons. The molecule has 1 aliphatic heterocycles. The summed E-state index contributed by atoms with van der Waals surface area (Å²) in [4.78, 5) is 17.1. The van der Waals surface area contributed by atoms with Crippen molar-refractivity contribution in [2.24, 2.45) is 4.99 Å². The second-order valence-electron chi connectivity index (χ2n) is 6.47. The fraction of sp³-hybridized carbons (Fsp3) is 0.0476. The van der Waals surface area contributed by atoms with Crippen LogP contribution in [0.25, 0.3) is 0 Å². The number of para-hydroxylation sites is 1. The molecule has 0 bridgehead atoms. The van der Waals surface area contributed by atoms with E-state index in [2.05, 4.69) is 15.0 Å². The number of anilines is 1. The van der Waals surface area contributed by atoms with Gasteiger partial charge >= 0.3 is 0 Å². The molecule has 0 amide bonds. The Morgan fingerprint density at radius 3 is 2.43 bits per heavy atom. The molecule has 9 heteroatoms. The van der Waals surface area contributed by atoms with Crippen molar-refractivity contribution in [1.29, 1.82) is 0 Å². The summed E-state index contributed by atoms with van der Waals surface area (Å²) in [6.45, 7) is -0.0898. The molecule has 0 atom stereocenters. The number of aliphatic imine (C=N–C) groups is 1. The average molecular weight is 444 g/mol. The highest BCUT2D eigenvalue weighted by molar-refractivity contribution is 7.90. The maximum atomic E-state index is 13.8. The second-order valence-corrected chi connectivity index (χ2v) is 8.53. The van der Waals surface area contributed by atoms with Gasteiger partial charge in [-0.2, -0.15) is 0 Å². The van der Waals surface area contributed by atoms with Crippen LogP contribution in [0.1, 0.15) is 21.5 Å². The standard InChI is InChI=1S/C21H15ClFN3O3S/c22-16-9-3-2-7-14(16)20(27)15-8-5-11-18-19(15)25-21(26-30(18,28)29)24-12-13-6-1-4-10-17(13)23/h1-11H,12H2,(H2,24,25,26). The van der Waals surface area contributed by atoms with Gasteiger partial charge in [-0.1, -0.05) is 48.0 Å². The number of hydrogen-bond acceptors (Lipinski definition) is 4. The lowest BCUT2D eigenvalue weighted by Crippen LogP contribution is -2.41. The second kappa shape index (κ2) is 7.89. The quantitative estimate of drug-likeness (QED) is 0.597. The average Bonchev–Trinajstić information content (AvgIpc) is 2.72. The predicted octanol–water partition coefficient (Wildman–Crippen LogP) is 3.97. The number of halogens is 2. The lowest BCUT2D eigenvalue weighted by atomic mass is 10.0. The summed E-state index contributed by atoms with van der Waals surface area (Å²) in [5.74, 6) is -0.990. The summed E-state index contributed by atoms with van der Waals surface area (Å²) >= 11 is 6.14. The van der Waals surface area contributed by atoms with Gasteiger partial charge in [0.15, 0.2) is 5.78 Å². The van der Waals surface area contributed by atoms with Crippen LogP contribution >= 0.6 is 11.6 Å². The molecule has 0 saturated heterocycles. The van der Waals surface area contributed by atoms with E-state index in [1.54, 1.807) is 42.5 Å². The van der Waals surface area contributed by atoms with E-state index >= 15 is 0 Å². The first-order valence-electron chi connectivity index (χ1n) is 8.87. The number of nitrogens with zero attached hydrogens (tertiary/aromatic N) is 1. The monoisotopic (exact) mass is 443 g/mol. The Morgan fingerprint density at radius 2 is 1.67 bits per heavy atom. The van der Waals surface area contributed by atoms with Gasteiger partial charge in [-0.15, -0.1) is 0 Å². The Hall–Kier alpha value is -3.23. The van der Waals surface area contributed by atoms with Crippen LogP contribution in [0.3, 0.4) is 0 Å². The normalized spacial score (nSPS) is 15.7. The van der Waals surface area contributed by atoms with E-state index in [9.17, 15) is 17.6 Å². The summed E-state index contributed by atoms with van der Waals surface area (Å²) in [6, 6.07) is 16.9. The van der Waals surface area contributed by atoms with Gasteiger partial charge in [0.1, 0.15) is 10.7 Å². The topological polar surface area (TPSA) is 87.6 Å². The molecule has 3 aromatic carbocycles. The number of hydrogen-bond donors (Lipinski definition) is 2. The molecule has 0 saturated carbocycles. The highest BCUT2D eigenvalue weighted by Gasteiger charge is 2.30. The first kappa shape index (κ1) is 20.1. The molecule has 0 aliphatic carbocycles. The predicted molar refractivity (Wildman–Crippen MR) is 113 cm³/mol. The third-order valence-electron chi connectivity index (χ3n) is 4.52. The van der Waals surface area contributed by atoms with Crippen molar-refractivity contribution in [1.82, 2.24) is 4.72 Å². The van der Waals surface area contributed by atoms with Crippen molar-refractivity contribution in [3.05, 3.63) is 94.3 Å². The van der Waals surface area contributed by atoms with Gasteiger partial charge < -0.3 is 5.32 Å². The van der Waals surface area contributed by atoms with Crippen LogP contribution in [0.2, 0.25) is 5.02 Å². The fourth-order valence-corrected chi connectivity index (χ4v) is 4.44. The van der Waals surface area contributed by atoms with Crippen molar-refractivity contribution in [3.8, 4) is 0 Å². The molecular formula is C21H15ClFN3O3S. The van der Waals surface area contributed by atoms with E-state index in [4.69, 9.17) is 11.6 Å². The smallest absolute Gasteiger partial charge is 0.266 e. The zero-order valence-corrected chi connectivity index (χ0v) is 17.0. The third-order valence-corrected chi connectivity index (χ3v) is 6.23. The molecule has 3 aromatic rings. The van der Waals surface area contributed by atoms with Gasteiger partial charge in [-0.05, 0) is 30.3 Å². The molecule has 152 valence electrons. The first-order valence-corrected chi connectivity index (χ1v) is 10.7. The first-order chi connectivity index (χ1) is 14.4. The molecule has 1 heterocycles. The number of carbonyl (C=O) groups is 1. The van der Waals surface area contributed by atoms with Gasteiger partial charge in [0, 0.05) is 16.7 Å². The zero-order chi connectivity index (χ0) is 21.3. The fourth-order valence-electron chi connectivity index (χ4n) is 3.05. The molecular weight excluding hydrogens is 429 g/mol. The van der Waals surface area contributed by atoms with Gasteiger partial charge in [0.05, 0.1) is 17.3 Å². The molecule has 0 unspecified atom stereocenters. The van der Waals surface area contributed by atoms with Crippen molar-refractivity contribution in [2.45, 2.75) is 11.4 Å². The maximum Gasteiger partial charge on any atom is 0.266 e. The highest BCUT2D eigenvalue weighted by Crippen LogP contribution is 2.31. The highest BCUT2D eigenvalue weighted by atomic mass is 35.5. The Balaban J connectivity index is 1.75. The number of fused-ring (bicyclic) bond motifs is 1. The Bertz CT molecular complexity index is 1290. The third kappa shape index (κ3) is 3.79. The minimum atomic E-state index is -3.98. The number of sulfonamides is 1. The van der Waals surface area contributed by atoms with Crippen molar-refractivity contribution in [2.75, 3.05) is 5.32 Å². The number of ketones is 1. The van der Waals surface area contributed by atoms with Crippen LogP contribution in [0.5, 0.6) is 0 Å². The summed E-state index contributed by atoms with van der Waals surface area (Å²) < 4.78 is 41.5. The number of benzene rings is 3. The number of nitrogens with one attached hydrogen (secondary N) is 2. The summed E-state index contributed by atoms with van der Waals surface area (Å²) in [5, 5.41) is 3.11. The van der Waals surface area contributed by atoms with E-state index in [-0.39, 0.29) is 39.2 Å². The molecule has 4 rings (SSSR count). The lowest BCUT2D eigenvalue weighted by molar-refractivity contribution is 0.103. The Labute approximate surface area is 177 Å². The molecule has 2 N–H and O–H groups in total. The summed E-state index contributed by atoms with van der Waals surface area (Å²) in [6.07, 6.45) is 0. The van der Waals surface area contributed by atoms with Crippen molar-refractivity contribution in [3.63, 3.8) is 0 Å². The Kier molecular flexibility index (Phi) is 5.27. The molecule has 0 fully saturated rings. The summed E-state index contributed by atoms with van der Waals surface area (Å²) in [7, 11) is -3.98. The zero-order valence-electron chi connectivity index (χ0n) is 15.4. The molecule has 1 aliphatic rings. The largest absolute Gasteiger partial charge is 0.324 e. The van der Waals surface area contributed by atoms with E-state index in [1.165, 1.54) is 24.3 Å². The maximum absolute atomic E-state index is 13.8. The van der Waals surface area contributed by atoms with Crippen LogP contribution in [0.4, 0.5) is 10.1 Å². The molecule has 6 nitrogen and oxygen atoms in total. The van der Waals surface area contributed by atoms with E-state index in [0.29, 0.717) is 5.56 Å². The SMILES string of the molecule is O=C(c1ccccc1Cl)c1cccc2c1NC(=NCc1ccccc1F)NS2(=O)=O. The van der Waals surface area contributed by atoms with Crippen LogP contribution < -0.4 is 10.0 Å². The van der Waals surface area contributed by atoms with Crippen LogP contribution in [0, 0.1) is 5.82 Å². The number of rotatable bonds is 4. The summed E-state index contributed by atoms with van der Waals surface area (Å²) in [5.41, 5.74) is 0.769.